The average Bonchev–Trinajstić information content (AvgIpc) is 2.63. The van der Waals surface area contributed by atoms with Crippen LogP contribution in [0.3, 0.4) is 0 Å². The van der Waals surface area contributed by atoms with Gasteiger partial charge in [-0.1, -0.05) is 22.9 Å². The maximum atomic E-state index is 13.5. The lowest BCUT2D eigenvalue weighted by Crippen LogP contribution is -2.13. The van der Waals surface area contributed by atoms with Crippen molar-refractivity contribution in [2.24, 2.45) is 0 Å². The lowest BCUT2D eigenvalue weighted by Gasteiger charge is -2.08. The van der Waals surface area contributed by atoms with Crippen molar-refractivity contribution in [3.8, 4) is 0 Å². The number of nitrogens with one attached hydrogen (secondary N) is 2. The molecule has 2 aromatic rings. The SMILES string of the molecule is Cc1[nH]c(=O)sc1S(=O)(=O)Nc1cc(Cl)ccc1F. The third-order valence-corrected chi connectivity index (χ3v) is 5.40. The van der Waals surface area contributed by atoms with Crippen LogP contribution in [-0.4, -0.2) is 13.4 Å². The normalized spacial score (nSPS) is 11.5. The number of halogens is 2. The highest BCUT2D eigenvalue weighted by atomic mass is 35.5. The first-order chi connectivity index (χ1) is 8.79. The summed E-state index contributed by atoms with van der Waals surface area (Å²) in [6.07, 6.45) is 0. The lowest BCUT2D eigenvalue weighted by atomic mass is 10.3. The van der Waals surface area contributed by atoms with Crippen molar-refractivity contribution in [2.45, 2.75) is 11.1 Å². The summed E-state index contributed by atoms with van der Waals surface area (Å²) in [5.74, 6) is -0.756. The lowest BCUT2D eigenvalue weighted by molar-refractivity contribution is 0.599. The molecule has 1 aromatic carbocycles. The van der Waals surface area contributed by atoms with Crippen molar-refractivity contribution >= 4 is 38.6 Å². The quantitative estimate of drug-likeness (QED) is 0.910. The van der Waals surface area contributed by atoms with Crippen LogP contribution in [-0.2, 0) is 10.0 Å². The molecule has 0 saturated carbocycles. The predicted octanol–water partition coefficient (Wildman–Crippen LogP) is 2.34. The highest BCUT2D eigenvalue weighted by Crippen LogP contribution is 2.24. The van der Waals surface area contributed by atoms with Crippen LogP contribution in [0.15, 0.2) is 27.2 Å². The van der Waals surface area contributed by atoms with Crippen molar-refractivity contribution in [3.63, 3.8) is 0 Å². The number of aryl methyl sites for hydroxylation is 1. The standard InChI is InChI=1S/C10H8ClFN2O3S2/c1-5-9(18-10(15)13-5)19(16,17)14-8-4-6(11)2-3-7(8)12/h2-4,14H,1H3,(H,13,15). The molecule has 0 saturated heterocycles. The molecule has 2 rings (SSSR count). The van der Waals surface area contributed by atoms with E-state index in [-0.39, 0.29) is 20.6 Å². The van der Waals surface area contributed by atoms with Gasteiger partial charge >= 0.3 is 4.87 Å². The van der Waals surface area contributed by atoms with Crippen LogP contribution < -0.4 is 9.60 Å². The summed E-state index contributed by atoms with van der Waals surface area (Å²) in [5, 5.41) is 0.193. The summed E-state index contributed by atoms with van der Waals surface area (Å²) in [7, 11) is -4.02. The van der Waals surface area contributed by atoms with E-state index in [2.05, 4.69) is 9.71 Å². The minimum atomic E-state index is -4.02. The Morgan fingerprint density at radius 2 is 2.11 bits per heavy atom. The number of aromatic amines is 1. The van der Waals surface area contributed by atoms with Crippen molar-refractivity contribution in [1.82, 2.24) is 4.98 Å². The molecule has 9 heteroatoms. The first-order valence-corrected chi connectivity index (χ1v) is 7.65. The van der Waals surface area contributed by atoms with E-state index in [4.69, 9.17) is 11.6 Å². The van der Waals surface area contributed by atoms with Gasteiger partial charge in [0.05, 0.1) is 5.69 Å². The Labute approximate surface area is 117 Å². The largest absolute Gasteiger partial charge is 0.315 e. The van der Waals surface area contributed by atoms with Gasteiger partial charge in [0.1, 0.15) is 5.82 Å². The number of H-pyrrole nitrogens is 1. The Hall–Kier alpha value is -1.38. The zero-order valence-corrected chi connectivity index (χ0v) is 11.9. The number of benzene rings is 1. The van der Waals surface area contributed by atoms with Gasteiger partial charge in [0.15, 0.2) is 4.21 Å². The molecule has 2 N–H and O–H groups in total. The van der Waals surface area contributed by atoms with Gasteiger partial charge in [-0.05, 0) is 25.1 Å². The first-order valence-electron chi connectivity index (χ1n) is 4.97. The van der Waals surface area contributed by atoms with Gasteiger partial charge in [-0.25, -0.2) is 12.8 Å². The number of rotatable bonds is 3. The summed E-state index contributed by atoms with van der Waals surface area (Å²) < 4.78 is 39.4. The Morgan fingerprint density at radius 1 is 1.42 bits per heavy atom. The molecule has 0 aliphatic heterocycles. The van der Waals surface area contributed by atoms with Crippen LogP contribution in [0.2, 0.25) is 5.02 Å². The second kappa shape index (κ2) is 4.95. The Bertz CT molecular complexity index is 782. The van der Waals surface area contributed by atoms with Crippen molar-refractivity contribution in [1.29, 1.82) is 0 Å². The highest BCUT2D eigenvalue weighted by molar-refractivity contribution is 7.94. The molecule has 0 bridgehead atoms. The molecular weight excluding hydrogens is 315 g/mol. The molecule has 0 aliphatic carbocycles. The van der Waals surface area contributed by atoms with Crippen LogP contribution in [0.1, 0.15) is 5.69 Å². The van der Waals surface area contributed by atoms with Crippen LogP contribution in [0.4, 0.5) is 10.1 Å². The molecule has 0 fully saturated rings. The molecule has 0 unspecified atom stereocenters. The van der Waals surface area contributed by atoms with Crippen LogP contribution >= 0.6 is 22.9 Å². The Kier molecular flexibility index (Phi) is 3.66. The number of aromatic nitrogens is 1. The second-order valence-corrected chi connectivity index (χ2v) is 6.95. The predicted molar refractivity (Wildman–Crippen MR) is 71.9 cm³/mol. The second-order valence-electron chi connectivity index (χ2n) is 3.66. The zero-order chi connectivity index (χ0) is 14.2. The number of anilines is 1. The molecule has 102 valence electrons. The van der Waals surface area contributed by atoms with Gasteiger partial charge in [0, 0.05) is 10.7 Å². The molecule has 0 aliphatic rings. The molecule has 0 atom stereocenters. The van der Waals surface area contributed by atoms with E-state index in [0.717, 1.165) is 12.1 Å². The maximum absolute atomic E-state index is 13.5. The van der Waals surface area contributed by atoms with Crippen LogP contribution in [0.25, 0.3) is 0 Å². The van der Waals surface area contributed by atoms with Crippen molar-refractivity contribution < 1.29 is 12.8 Å². The van der Waals surface area contributed by atoms with Crippen molar-refractivity contribution in [3.05, 3.63) is 44.4 Å². The van der Waals surface area contributed by atoms with E-state index >= 15 is 0 Å². The number of hydrogen-bond donors (Lipinski definition) is 2. The van der Waals surface area contributed by atoms with E-state index in [0.29, 0.717) is 11.3 Å². The summed E-state index contributed by atoms with van der Waals surface area (Å²) in [6.45, 7) is 1.45. The summed E-state index contributed by atoms with van der Waals surface area (Å²) in [4.78, 5) is 13.0. The third-order valence-electron chi connectivity index (χ3n) is 2.20. The van der Waals surface area contributed by atoms with E-state index in [1.165, 1.54) is 13.0 Å². The fourth-order valence-electron chi connectivity index (χ4n) is 1.41. The Balaban J connectivity index is 2.45. The fraction of sp³-hybridized carbons (Fsp3) is 0.100. The minimum Gasteiger partial charge on any atom is -0.315 e. The summed E-state index contributed by atoms with van der Waals surface area (Å²) >= 11 is 6.21. The molecule has 0 spiro atoms. The van der Waals surface area contributed by atoms with Gasteiger partial charge in [-0.15, -0.1) is 0 Å². The fourth-order valence-corrected chi connectivity index (χ4v) is 3.95. The first kappa shape index (κ1) is 14.0. The summed E-state index contributed by atoms with van der Waals surface area (Å²) in [5.41, 5.74) is -0.0716. The molecule has 5 nitrogen and oxygen atoms in total. The maximum Gasteiger partial charge on any atom is 0.306 e. The monoisotopic (exact) mass is 322 g/mol. The van der Waals surface area contributed by atoms with Gasteiger partial charge in [0.25, 0.3) is 10.0 Å². The van der Waals surface area contributed by atoms with Gasteiger partial charge in [-0.2, -0.15) is 0 Å². The van der Waals surface area contributed by atoms with E-state index in [1.807, 2.05) is 0 Å². The molecule has 1 heterocycles. The van der Waals surface area contributed by atoms with E-state index in [9.17, 15) is 17.6 Å². The van der Waals surface area contributed by atoms with Gasteiger partial charge < -0.3 is 4.98 Å². The molecule has 0 amide bonds. The van der Waals surface area contributed by atoms with E-state index < -0.39 is 20.7 Å². The topological polar surface area (TPSA) is 79.0 Å². The van der Waals surface area contributed by atoms with Crippen molar-refractivity contribution in [2.75, 3.05) is 4.72 Å². The number of hydrogen-bond acceptors (Lipinski definition) is 4. The van der Waals surface area contributed by atoms with Gasteiger partial charge in [0.2, 0.25) is 0 Å². The molecule has 19 heavy (non-hydrogen) atoms. The smallest absolute Gasteiger partial charge is 0.306 e. The molecule has 1 aromatic heterocycles. The Morgan fingerprint density at radius 3 is 2.68 bits per heavy atom. The number of thiazole rings is 1. The highest BCUT2D eigenvalue weighted by Gasteiger charge is 2.22. The third kappa shape index (κ3) is 2.96. The van der Waals surface area contributed by atoms with Gasteiger partial charge in [-0.3, -0.25) is 9.52 Å². The zero-order valence-electron chi connectivity index (χ0n) is 9.53. The molecular formula is C10H8ClFN2O3S2. The average molecular weight is 323 g/mol. The minimum absolute atomic E-state index is 0.183. The van der Waals surface area contributed by atoms with Crippen LogP contribution in [0, 0.1) is 12.7 Å². The molecule has 0 radical (unpaired) electrons. The number of sulfonamides is 1. The summed E-state index contributed by atoms with van der Waals surface area (Å²) in [6, 6.07) is 3.50. The van der Waals surface area contributed by atoms with Crippen LogP contribution in [0.5, 0.6) is 0 Å². The van der Waals surface area contributed by atoms with E-state index in [1.54, 1.807) is 0 Å².